The number of benzene rings is 1. The molecule has 1 aromatic carbocycles. The maximum atomic E-state index is 2.48. The van der Waals surface area contributed by atoms with Gasteiger partial charge in [-0.15, -0.1) is 0 Å². The summed E-state index contributed by atoms with van der Waals surface area (Å²) >= 11 is 0. The second kappa shape index (κ2) is 3.06. The second-order valence-corrected chi connectivity index (χ2v) is 6.32. The van der Waals surface area contributed by atoms with Crippen molar-refractivity contribution in [3.8, 4) is 0 Å². The highest BCUT2D eigenvalue weighted by molar-refractivity contribution is 5.89. The Labute approximate surface area is 109 Å². The lowest BCUT2D eigenvalue weighted by molar-refractivity contribution is 0.653. The van der Waals surface area contributed by atoms with Crippen LogP contribution in [0.15, 0.2) is 53.6 Å². The van der Waals surface area contributed by atoms with Crippen molar-refractivity contribution in [3.05, 3.63) is 64.8 Å². The van der Waals surface area contributed by atoms with Crippen molar-refractivity contribution in [1.29, 1.82) is 0 Å². The molecule has 0 saturated heterocycles. The van der Waals surface area contributed by atoms with Crippen molar-refractivity contribution in [1.82, 2.24) is 0 Å². The van der Waals surface area contributed by atoms with Crippen molar-refractivity contribution < 1.29 is 0 Å². The molecule has 3 aliphatic rings. The molecule has 0 amide bonds. The summed E-state index contributed by atoms with van der Waals surface area (Å²) in [6, 6.07) is 8.86. The highest BCUT2D eigenvalue weighted by Gasteiger charge is 2.43. The molecule has 1 aromatic rings. The molecule has 0 nitrogen and oxygen atoms in total. The number of rotatable bonds is 0. The third kappa shape index (κ3) is 1.11. The first-order valence-electron chi connectivity index (χ1n) is 6.85. The molecule has 0 aromatic heterocycles. The van der Waals surface area contributed by atoms with Gasteiger partial charge in [-0.25, -0.2) is 0 Å². The normalized spacial score (nSPS) is 30.3. The molecule has 2 unspecified atom stereocenters. The third-order valence-corrected chi connectivity index (χ3v) is 4.98. The lowest BCUT2D eigenvalue weighted by atomic mass is 9.81. The Kier molecular flexibility index (Phi) is 1.76. The summed E-state index contributed by atoms with van der Waals surface area (Å²) in [5.41, 5.74) is 7.64. The molecule has 0 N–H and O–H groups in total. The van der Waals surface area contributed by atoms with Crippen molar-refractivity contribution in [2.24, 2.45) is 11.8 Å². The molecule has 4 rings (SSSR count). The Balaban J connectivity index is 1.99. The zero-order valence-corrected chi connectivity index (χ0v) is 11.2. The first kappa shape index (κ1) is 10.4. The van der Waals surface area contributed by atoms with Crippen LogP contribution in [0.25, 0.3) is 5.57 Å². The summed E-state index contributed by atoms with van der Waals surface area (Å²) in [7, 11) is 0. The van der Waals surface area contributed by atoms with Gasteiger partial charge in [0.1, 0.15) is 0 Å². The molecule has 0 radical (unpaired) electrons. The number of hydrogen-bond donors (Lipinski definition) is 0. The highest BCUT2D eigenvalue weighted by atomic mass is 14.5. The monoisotopic (exact) mass is 234 g/mol. The van der Waals surface area contributed by atoms with E-state index in [4.69, 9.17) is 0 Å². The molecular weight excluding hydrogens is 216 g/mol. The van der Waals surface area contributed by atoms with Crippen molar-refractivity contribution in [2.75, 3.05) is 0 Å². The van der Waals surface area contributed by atoms with Crippen molar-refractivity contribution in [3.63, 3.8) is 0 Å². The van der Waals surface area contributed by atoms with Crippen LogP contribution in [-0.4, -0.2) is 0 Å². The molecular formula is C18H18. The molecule has 0 bridgehead atoms. The van der Waals surface area contributed by atoms with Crippen LogP contribution in [0.2, 0.25) is 0 Å². The van der Waals surface area contributed by atoms with Gasteiger partial charge in [0.05, 0.1) is 0 Å². The Morgan fingerprint density at radius 1 is 1.11 bits per heavy atom. The van der Waals surface area contributed by atoms with Gasteiger partial charge in [0.2, 0.25) is 0 Å². The van der Waals surface area contributed by atoms with Gasteiger partial charge in [-0.2, -0.15) is 0 Å². The smallest absolute Gasteiger partial charge is 0.0158 e. The SMILES string of the molecule is CC1C2=CC3=C(C=CC21)c1ccccc1C3(C)C. The van der Waals surface area contributed by atoms with E-state index in [9.17, 15) is 0 Å². The molecule has 18 heavy (non-hydrogen) atoms. The quantitative estimate of drug-likeness (QED) is 0.620. The summed E-state index contributed by atoms with van der Waals surface area (Å²) in [4.78, 5) is 0. The van der Waals surface area contributed by atoms with Crippen LogP contribution in [0.5, 0.6) is 0 Å². The second-order valence-electron chi connectivity index (χ2n) is 6.32. The Morgan fingerprint density at radius 3 is 2.72 bits per heavy atom. The van der Waals surface area contributed by atoms with E-state index in [1.165, 1.54) is 22.3 Å². The lowest BCUT2D eigenvalue weighted by Crippen LogP contribution is -2.16. The summed E-state index contributed by atoms with van der Waals surface area (Å²) in [5, 5.41) is 0. The first-order valence-corrected chi connectivity index (χ1v) is 6.85. The van der Waals surface area contributed by atoms with Crippen molar-refractivity contribution in [2.45, 2.75) is 26.2 Å². The minimum absolute atomic E-state index is 0.153. The van der Waals surface area contributed by atoms with E-state index in [1.807, 2.05) is 0 Å². The summed E-state index contributed by atoms with van der Waals surface area (Å²) in [5.74, 6) is 1.47. The van der Waals surface area contributed by atoms with Gasteiger partial charge in [0.25, 0.3) is 0 Å². The Hall–Kier alpha value is -1.56. The van der Waals surface area contributed by atoms with Gasteiger partial charge in [-0.3, -0.25) is 0 Å². The molecule has 0 heterocycles. The fraction of sp³-hybridized carbons (Fsp3) is 0.333. The maximum absolute atomic E-state index is 2.48. The zero-order valence-electron chi connectivity index (χ0n) is 11.2. The number of hydrogen-bond acceptors (Lipinski definition) is 0. The van der Waals surface area contributed by atoms with E-state index < -0.39 is 0 Å². The van der Waals surface area contributed by atoms with E-state index in [0.717, 1.165) is 5.92 Å². The van der Waals surface area contributed by atoms with E-state index in [2.05, 4.69) is 63.3 Å². The summed E-state index contributed by atoms with van der Waals surface area (Å²) < 4.78 is 0. The predicted molar refractivity (Wildman–Crippen MR) is 76.3 cm³/mol. The lowest BCUT2D eigenvalue weighted by Gasteiger charge is -2.22. The Morgan fingerprint density at radius 2 is 1.89 bits per heavy atom. The fourth-order valence-corrected chi connectivity index (χ4v) is 3.65. The van der Waals surface area contributed by atoms with Crippen LogP contribution >= 0.6 is 0 Å². The Bertz CT molecular complexity index is 638. The summed E-state index contributed by atoms with van der Waals surface area (Å²) in [6.07, 6.45) is 7.24. The molecule has 90 valence electrons. The van der Waals surface area contributed by atoms with Crippen molar-refractivity contribution >= 4 is 5.57 Å². The minimum Gasteiger partial charge on any atom is -0.0761 e. The molecule has 0 heteroatoms. The standard InChI is InChI=1S/C18H18/c1-11-12-8-9-14-13-6-4-5-7-16(13)18(2,3)17(14)10-15(11)12/h4-12H,1-3H3. The molecule has 0 spiro atoms. The zero-order chi connectivity index (χ0) is 12.5. The van der Waals surface area contributed by atoms with Gasteiger partial charge in [0, 0.05) is 11.3 Å². The molecule has 2 atom stereocenters. The maximum Gasteiger partial charge on any atom is 0.0158 e. The van der Waals surface area contributed by atoms with E-state index in [-0.39, 0.29) is 5.41 Å². The topological polar surface area (TPSA) is 0 Å². The average molecular weight is 234 g/mol. The van der Waals surface area contributed by atoms with Crippen LogP contribution in [0.3, 0.4) is 0 Å². The molecule has 1 saturated carbocycles. The molecule has 3 aliphatic carbocycles. The van der Waals surface area contributed by atoms with Crippen LogP contribution in [0, 0.1) is 11.8 Å². The predicted octanol–water partition coefficient (Wildman–Crippen LogP) is 4.49. The van der Waals surface area contributed by atoms with Crippen LogP contribution in [-0.2, 0) is 5.41 Å². The van der Waals surface area contributed by atoms with Gasteiger partial charge in [-0.1, -0.05) is 68.8 Å². The molecule has 1 fully saturated rings. The number of fused-ring (bicyclic) bond motifs is 3. The highest BCUT2D eigenvalue weighted by Crippen LogP contribution is 2.55. The molecule has 0 aliphatic heterocycles. The van der Waals surface area contributed by atoms with Crippen LogP contribution in [0.4, 0.5) is 0 Å². The van der Waals surface area contributed by atoms with Crippen LogP contribution < -0.4 is 0 Å². The largest absolute Gasteiger partial charge is 0.0761 e. The minimum atomic E-state index is 0.153. The van der Waals surface area contributed by atoms with E-state index in [1.54, 1.807) is 5.57 Å². The van der Waals surface area contributed by atoms with E-state index in [0.29, 0.717) is 5.92 Å². The van der Waals surface area contributed by atoms with Gasteiger partial charge < -0.3 is 0 Å². The average Bonchev–Trinajstić information content (AvgIpc) is 2.97. The number of allylic oxidation sites excluding steroid dienone is 6. The van der Waals surface area contributed by atoms with Gasteiger partial charge in [0.15, 0.2) is 0 Å². The van der Waals surface area contributed by atoms with Gasteiger partial charge >= 0.3 is 0 Å². The summed E-state index contributed by atoms with van der Waals surface area (Å²) in [6.45, 7) is 7.04. The van der Waals surface area contributed by atoms with Crippen LogP contribution in [0.1, 0.15) is 31.9 Å². The van der Waals surface area contributed by atoms with E-state index >= 15 is 0 Å². The third-order valence-electron chi connectivity index (χ3n) is 4.98. The fourth-order valence-electron chi connectivity index (χ4n) is 3.65. The van der Waals surface area contributed by atoms with Gasteiger partial charge in [-0.05, 0) is 28.2 Å². The first-order chi connectivity index (χ1) is 8.60.